The molecule has 0 spiro atoms. The molecule has 8 heteroatoms. The number of nitrogens with zero attached hydrogens (tertiary/aromatic N) is 1. The van der Waals surface area contributed by atoms with Gasteiger partial charge in [0.2, 0.25) is 0 Å². The average Bonchev–Trinajstić information content (AvgIpc) is 2.61. The van der Waals surface area contributed by atoms with E-state index in [2.05, 4.69) is 10.3 Å². The highest BCUT2D eigenvalue weighted by Gasteiger charge is 2.13. The summed E-state index contributed by atoms with van der Waals surface area (Å²) in [5.41, 5.74) is 5.36. The van der Waals surface area contributed by atoms with Crippen LogP contribution in [0.2, 0.25) is 0 Å². The van der Waals surface area contributed by atoms with Crippen molar-refractivity contribution in [2.45, 2.75) is 6.54 Å². The topological polar surface area (TPSA) is 75.8 Å². The van der Waals surface area contributed by atoms with Crippen molar-refractivity contribution in [3.8, 4) is 0 Å². The van der Waals surface area contributed by atoms with E-state index >= 15 is 0 Å². The van der Waals surface area contributed by atoms with Crippen molar-refractivity contribution in [1.82, 2.24) is 14.9 Å². The van der Waals surface area contributed by atoms with E-state index in [4.69, 9.17) is 18.0 Å². The summed E-state index contributed by atoms with van der Waals surface area (Å²) in [4.78, 5) is 13.3. The van der Waals surface area contributed by atoms with E-state index in [9.17, 15) is 13.6 Å². The zero-order valence-electron chi connectivity index (χ0n) is 9.17. The summed E-state index contributed by atoms with van der Waals surface area (Å²) in [5, 5.41) is 2.35. The number of urea groups is 1. The lowest BCUT2D eigenvalue weighted by Crippen LogP contribution is -2.32. The number of carbonyl (C=O) groups is 1. The van der Waals surface area contributed by atoms with Gasteiger partial charge in [-0.2, -0.15) is 0 Å². The molecular weight excluding hydrogens is 262 g/mol. The molecule has 2 aromatic rings. The summed E-state index contributed by atoms with van der Waals surface area (Å²) in [7, 11) is 0. The van der Waals surface area contributed by atoms with Crippen LogP contribution in [0.1, 0.15) is 0 Å². The van der Waals surface area contributed by atoms with Crippen LogP contribution in [0.25, 0.3) is 11.0 Å². The SMILES string of the molecule is NC(=O)NCCn1c(=S)[nH]c2ccc(F)c(F)c21. The van der Waals surface area contributed by atoms with Crippen molar-refractivity contribution >= 4 is 29.3 Å². The van der Waals surface area contributed by atoms with E-state index < -0.39 is 17.7 Å². The number of carbonyl (C=O) groups excluding carboxylic acids is 1. The predicted octanol–water partition coefficient (Wildman–Crippen LogP) is 1.65. The van der Waals surface area contributed by atoms with Gasteiger partial charge in [0.05, 0.1) is 5.52 Å². The highest BCUT2D eigenvalue weighted by atomic mass is 32.1. The molecule has 0 saturated carbocycles. The smallest absolute Gasteiger partial charge is 0.312 e. The number of primary amides is 1. The van der Waals surface area contributed by atoms with Gasteiger partial charge in [-0.15, -0.1) is 0 Å². The summed E-state index contributed by atoms with van der Waals surface area (Å²) >= 11 is 5.01. The minimum atomic E-state index is -0.973. The zero-order chi connectivity index (χ0) is 13.3. The minimum absolute atomic E-state index is 0.0475. The van der Waals surface area contributed by atoms with Crippen LogP contribution in [0.5, 0.6) is 0 Å². The molecule has 4 N–H and O–H groups in total. The molecule has 18 heavy (non-hydrogen) atoms. The maximum absolute atomic E-state index is 13.7. The number of rotatable bonds is 3. The van der Waals surface area contributed by atoms with Gasteiger partial charge >= 0.3 is 6.03 Å². The van der Waals surface area contributed by atoms with Crippen LogP contribution in [0.15, 0.2) is 12.1 Å². The molecule has 2 amide bonds. The quantitative estimate of drug-likeness (QED) is 0.743. The molecule has 2 rings (SSSR count). The molecule has 0 bridgehead atoms. The van der Waals surface area contributed by atoms with Gasteiger partial charge in [-0.1, -0.05) is 0 Å². The number of benzene rings is 1. The lowest BCUT2D eigenvalue weighted by Gasteiger charge is -2.05. The van der Waals surface area contributed by atoms with Crippen LogP contribution in [-0.2, 0) is 6.54 Å². The number of amides is 2. The minimum Gasteiger partial charge on any atom is -0.352 e. The Labute approximate surface area is 106 Å². The summed E-state index contributed by atoms with van der Waals surface area (Å²) in [6, 6.07) is 1.74. The van der Waals surface area contributed by atoms with Gasteiger partial charge in [0, 0.05) is 13.1 Å². The number of aromatic nitrogens is 2. The number of hydrogen-bond donors (Lipinski definition) is 3. The first-order valence-electron chi connectivity index (χ1n) is 5.10. The van der Waals surface area contributed by atoms with Gasteiger partial charge in [-0.25, -0.2) is 13.6 Å². The highest BCUT2D eigenvalue weighted by Crippen LogP contribution is 2.20. The summed E-state index contributed by atoms with van der Waals surface area (Å²) in [5.74, 6) is -1.92. The number of aromatic amines is 1. The Hall–Kier alpha value is -1.96. The van der Waals surface area contributed by atoms with E-state index in [0.717, 1.165) is 6.07 Å². The Kier molecular flexibility index (Phi) is 3.28. The lowest BCUT2D eigenvalue weighted by atomic mass is 10.3. The van der Waals surface area contributed by atoms with Gasteiger partial charge in [-0.3, -0.25) is 0 Å². The van der Waals surface area contributed by atoms with Crippen LogP contribution in [0.4, 0.5) is 13.6 Å². The number of imidazole rings is 1. The van der Waals surface area contributed by atoms with E-state index in [1.165, 1.54) is 10.6 Å². The fourth-order valence-corrected chi connectivity index (χ4v) is 1.99. The molecule has 0 fully saturated rings. The molecule has 0 aliphatic rings. The van der Waals surface area contributed by atoms with Crippen LogP contribution in [0.3, 0.4) is 0 Å². The normalized spacial score (nSPS) is 10.8. The van der Waals surface area contributed by atoms with Crippen LogP contribution in [-0.4, -0.2) is 22.1 Å². The molecule has 1 aromatic carbocycles. The third-order valence-corrected chi connectivity index (χ3v) is 2.78. The molecule has 96 valence electrons. The fourth-order valence-electron chi connectivity index (χ4n) is 1.69. The van der Waals surface area contributed by atoms with Gasteiger partial charge in [0.25, 0.3) is 0 Å². The van der Waals surface area contributed by atoms with Crippen LogP contribution in [0, 0.1) is 16.4 Å². The summed E-state index contributed by atoms with van der Waals surface area (Å²) in [6.45, 7) is 0.370. The average molecular weight is 272 g/mol. The number of nitrogens with one attached hydrogen (secondary N) is 2. The molecular formula is C10H10F2N4OS. The first-order valence-corrected chi connectivity index (χ1v) is 5.51. The Morgan fingerprint density at radius 1 is 1.50 bits per heavy atom. The van der Waals surface area contributed by atoms with Crippen molar-refractivity contribution in [3.63, 3.8) is 0 Å². The Morgan fingerprint density at radius 2 is 2.22 bits per heavy atom. The second-order valence-corrected chi connectivity index (χ2v) is 4.02. The fraction of sp³-hybridized carbons (Fsp3) is 0.200. The molecule has 1 aromatic heterocycles. The first kappa shape index (κ1) is 12.5. The zero-order valence-corrected chi connectivity index (χ0v) is 9.98. The first-order chi connectivity index (χ1) is 8.50. The molecule has 0 aliphatic carbocycles. The third-order valence-electron chi connectivity index (χ3n) is 2.46. The molecule has 0 unspecified atom stereocenters. The molecule has 0 radical (unpaired) electrons. The van der Waals surface area contributed by atoms with Gasteiger partial charge in [0.15, 0.2) is 16.4 Å². The van der Waals surface area contributed by atoms with Gasteiger partial charge < -0.3 is 20.6 Å². The van der Waals surface area contributed by atoms with E-state index in [1.54, 1.807) is 0 Å². The number of hydrogen-bond acceptors (Lipinski definition) is 2. The molecule has 0 aliphatic heterocycles. The van der Waals surface area contributed by atoms with Gasteiger partial charge in [0.1, 0.15) is 5.52 Å². The highest BCUT2D eigenvalue weighted by molar-refractivity contribution is 7.71. The van der Waals surface area contributed by atoms with Crippen molar-refractivity contribution in [2.24, 2.45) is 5.73 Å². The molecule has 0 atom stereocenters. The van der Waals surface area contributed by atoms with Crippen molar-refractivity contribution in [2.75, 3.05) is 6.54 Å². The lowest BCUT2D eigenvalue weighted by molar-refractivity contribution is 0.248. The van der Waals surface area contributed by atoms with Gasteiger partial charge in [-0.05, 0) is 24.4 Å². The maximum atomic E-state index is 13.7. The molecule has 1 heterocycles. The Bertz CT molecular complexity index is 664. The monoisotopic (exact) mass is 272 g/mol. The Morgan fingerprint density at radius 3 is 2.89 bits per heavy atom. The number of nitrogens with two attached hydrogens (primary N) is 1. The standard InChI is InChI=1S/C10H10F2N4OS/c11-5-1-2-6-8(7(5)12)16(10(18)15-6)4-3-14-9(13)17/h1-2H,3-4H2,(H,15,18)(H3,13,14,17). The summed E-state index contributed by atoms with van der Waals surface area (Å²) < 4.78 is 28.5. The van der Waals surface area contributed by atoms with E-state index in [-0.39, 0.29) is 23.4 Å². The number of halogens is 2. The second-order valence-electron chi connectivity index (χ2n) is 3.63. The van der Waals surface area contributed by atoms with Crippen molar-refractivity contribution < 1.29 is 13.6 Å². The van der Waals surface area contributed by atoms with E-state index in [1.807, 2.05) is 0 Å². The maximum Gasteiger partial charge on any atom is 0.312 e. The Balaban J connectivity index is 2.43. The predicted molar refractivity (Wildman–Crippen MR) is 64.6 cm³/mol. The van der Waals surface area contributed by atoms with Crippen LogP contribution >= 0.6 is 12.2 Å². The molecule has 0 saturated heterocycles. The summed E-state index contributed by atoms with van der Waals surface area (Å²) in [6.07, 6.45) is 0. The third kappa shape index (κ3) is 2.19. The largest absolute Gasteiger partial charge is 0.352 e. The number of H-pyrrole nitrogens is 1. The second kappa shape index (κ2) is 4.73. The van der Waals surface area contributed by atoms with Crippen molar-refractivity contribution in [1.29, 1.82) is 0 Å². The van der Waals surface area contributed by atoms with Crippen molar-refractivity contribution in [3.05, 3.63) is 28.5 Å². The molecule has 5 nitrogen and oxygen atoms in total. The number of fused-ring (bicyclic) bond motifs is 1. The van der Waals surface area contributed by atoms with Crippen LogP contribution < -0.4 is 11.1 Å². The van der Waals surface area contributed by atoms with E-state index in [0.29, 0.717) is 5.52 Å².